The Kier molecular flexibility index (Phi) is 3.04. The predicted octanol–water partition coefficient (Wildman–Crippen LogP) is 2.23. The number of hydrogen-bond acceptors (Lipinski definition) is 4. The smallest absolute Gasteiger partial charge is 0.188 e. The van der Waals surface area contributed by atoms with Crippen LogP contribution >= 0.6 is 0 Å². The van der Waals surface area contributed by atoms with Gasteiger partial charge in [-0.3, -0.25) is 4.79 Å². The fourth-order valence-electron chi connectivity index (χ4n) is 3.01. The molecule has 2 saturated heterocycles. The number of carbonyl (C=O) groups excluding carboxylic acids is 1. The number of aromatic nitrogens is 1. The first-order valence-corrected chi connectivity index (χ1v) is 6.46. The van der Waals surface area contributed by atoms with E-state index in [2.05, 4.69) is 4.98 Å². The van der Waals surface area contributed by atoms with Crippen LogP contribution in [-0.2, 0) is 4.74 Å². The number of rotatable bonds is 3. The highest BCUT2D eigenvalue weighted by Crippen LogP contribution is 2.37. The van der Waals surface area contributed by atoms with Gasteiger partial charge in [-0.15, -0.1) is 0 Å². The molecule has 96 valence electrons. The zero-order valence-electron chi connectivity index (χ0n) is 10.5. The molecular weight excluding hydrogens is 230 g/mol. The second-order valence-corrected chi connectivity index (χ2v) is 5.04. The summed E-state index contributed by atoms with van der Waals surface area (Å²) in [4.78, 5) is 16.7. The van der Waals surface area contributed by atoms with Crippen molar-refractivity contribution in [1.82, 2.24) is 4.98 Å². The number of methoxy groups -OCH3 is 1. The van der Waals surface area contributed by atoms with Crippen molar-refractivity contribution in [1.29, 1.82) is 0 Å². The molecule has 1 aromatic heterocycles. The van der Waals surface area contributed by atoms with Gasteiger partial charge in [0.05, 0.1) is 19.3 Å². The predicted molar refractivity (Wildman–Crippen MR) is 65.7 cm³/mol. The fourth-order valence-corrected chi connectivity index (χ4v) is 3.01. The van der Waals surface area contributed by atoms with Crippen LogP contribution in [0.5, 0.6) is 5.75 Å². The number of hydrogen-bond donors (Lipinski definition) is 0. The minimum atomic E-state index is 0.0417. The van der Waals surface area contributed by atoms with E-state index in [4.69, 9.17) is 9.47 Å². The van der Waals surface area contributed by atoms with Crippen molar-refractivity contribution < 1.29 is 14.3 Å². The number of ketones is 1. The van der Waals surface area contributed by atoms with E-state index in [-0.39, 0.29) is 23.9 Å². The average molecular weight is 247 g/mol. The molecule has 2 aliphatic heterocycles. The summed E-state index contributed by atoms with van der Waals surface area (Å²) < 4.78 is 11.0. The molecule has 2 aliphatic rings. The second-order valence-electron chi connectivity index (χ2n) is 5.04. The van der Waals surface area contributed by atoms with Gasteiger partial charge >= 0.3 is 0 Å². The number of ether oxygens (including phenoxy) is 2. The standard InChI is InChI=1S/C14H17NO3/c1-17-12-3-2-6-15-13(12)14(16)9-7-10-4-5-11(8-9)18-10/h2-3,6,9-11H,4-5,7-8H2,1H3. The number of Topliss-reactive ketones (excluding diaryl/α,β-unsaturated/α-hetero) is 1. The largest absolute Gasteiger partial charge is 0.494 e. The van der Waals surface area contributed by atoms with E-state index in [9.17, 15) is 4.79 Å². The molecule has 2 unspecified atom stereocenters. The van der Waals surface area contributed by atoms with Gasteiger partial charge in [-0.1, -0.05) is 0 Å². The van der Waals surface area contributed by atoms with Crippen molar-refractivity contribution in [3.63, 3.8) is 0 Å². The summed E-state index contributed by atoms with van der Waals surface area (Å²) in [5.74, 6) is 0.717. The Bertz CT molecular complexity index is 448. The van der Waals surface area contributed by atoms with Crippen molar-refractivity contribution in [2.75, 3.05) is 7.11 Å². The molecule has 2 atom stereocenters. The molecule has 2 fully saturated rings. The fraction of sp³-hybridized carbons (Fsp3) is 0.571. The van der Waals surface area contributed by atoms with Gasteiger partial charge in [0.25, 0.3) is 0 Å². The maximum atomic E-state index is 12.5. The van der Waals surface area contributed by atoms with Crippen LogP contribution in [0, 0.1) is 5.92 Å². The van der Waals surface area contributed by atoms with Crippen LogP contribution in [-0.4, -0.2) is 30.1 Å². The Labute approximate surface area is 106 Å². The highest BCUT2D eigenvalue weighted by Gasteiger charge is 2.39. The van der Waals surface area contributed by atoms with Gasteiger partial charge in [0.1, 0.15) is 11.4 Å². The molecule has 4 heteroatoms. The SMILES string of the molecule is COc1cccnc1C(=O)C1CC2CCC(C1)O2. The summed E-state index contributed by atoms with van der Waals surface area (Å²) in [6.45, 7) is 0. The molecule has 2 bridgehead atoms. The molecule has 0 amide bonds. The van der Waals surface area contributed by atoms with Gasteiger partial charge in [-0.25, -0.2) is 4.98 Å². The highest BCUT2D eigenvalue weighted by atomic mass is 16.5. The van der Waals surface area contributed by atoms with Gasteiger partial charge in [0, 0.05) is 12.1 Å². The molecule has 18 heavy (non-hydrogen) atoms. The Morgan fingerprint density at radius 2 is 2.11 bits per heavy atom. The summed E-state index contributed by atoms with van der Waals surface area (Å²) >= 11 is 0. The van der Waals surface area contributed by atoms with Crippen LogP contribution in [0.25, 0.3) is 0 Å². The zero-order valence-corrected chi connectivity index (χ0v) is 10.5. The van der Waals surface area contributed by atoms with Crippen LogP contribution in [0.2, 0.25) is 0 Å². The van der Waals surface area contributed by atoms with Gasteiger partial charge in [-0.2, -0.15) is 0 Å². The Morgan fingerprint density at radius 3 is 2.78 bits per heavy atom. The van der Waals surface area contributed by atoms with Gasteiger partial charge in [0.15, 0.2) is 5.78 Å². The first-order valence-electron chi connectivity index (χ1n) is 6.46. The van der Waals surface area contributed by atoms with Gasteiger partial charge in [-0.05, 0) is 37.8 Å². The minimum absolute atomic E-state index is 0.0417. The lowest BCUT2D eigenvalue weighted by Gasteiger charge is -2.27. The molecule has 0 N–H and O–H groups in total. The zero-order chi connectivity index (χ0) is 12.5. The van der Waals surface area contributed by atoms with E-state index in [0.29, 0.717) is 11.4 Å². The van der Waals surface area contributed by atoms with Crippen molar-refractivity contribution in [3.05, 3.63) is 24.0 Å². The third-order valence-corrected chi connectivity index (χ3v) is 3.89. The molecule has 1 aromatic rings. The molecular formula is C14H17NO3. The Hall–Kier alpha value is -1.42. The van der Waals surface area contributed by atoms with Crippen LogP contribution < -0.4 is 4.74 Å². The molecule has 0 spiro atoms. The molecule has 4 nitrogen and oxygen atoms in total. The minimum Gasteiger partial charge on any atom is -0.494 e. The number of pyridine rings is 1. The van der Waals surface area contributed by atoms with E-state index < -0.39 is 0 Å². The van der Waals surface area contributed by atoms with Crippen molar-refractivity contribution >= 4 is 5.78 Å². The number of carbonyl (C=O) groups is 1. The monoisotopic (exact) mass is 247 g/mol. The van der Waals surface area contributed by atoms with E-state index in [1.54, 1.807) is 25.4 Å². The molecule has 0 saturated carbocycles. The quantitative estimate of drug-likeness (QED) is 0.768. The third kappa shape index (κ3) is 2.01. The van der Waals surface area contributed by atoms with Crippen molar-refractivity contribution in [2.24, 2.45) is 5.92 Å². The lowest BCUT2D eigenvalue weighted by molar-refractivity contribution is -0.0150. The molecule has 3 rings (SSSR count). The Balaban J connectivity index is 1.82. The van der Waals surface area contributed by atoms with E-state index in [1.807, 2.05) is 0 Å². The first kappa shape index (κ1) is 11.7. The van der Waals surface area contributed by atoms with Crippen molar-refractivity contribution in [2.45, 2.75) is 37.9 Å². The van der Waals surface area contributed by atoms with Crippen LogP contribution in [0.4, 0.5) is 0 Å². The molecule has 0 aliphatic carbocycles. The van der Waals surface area contributed by atoms with Crippen molar-refractivity contribution in [3.8, 4) is 5.75 Å². The second kappa shape index (κ2) is 4.69. The highest BCUT2D eigenvalue weighted by molar-refractivity contribution is 5.98. The average Bonchev–Trinajstić information content (AvgIpc) is 2.76. The topological polar surface area (TPSA) is 48.4 Å². The first-order chi connectivity index (χ1) is 8.78. The van der Waals surface area contributed by atoms with Gasteiger partial charge in [0.2, 0.25) is 0 Å². The molecule has 0 aromatic carbocycles. The summed E-state index contributed by atoms with van der Waals surface area (Å²) in [6, 6.07) is 3.57. The van der Waals surface area contributed by atoms with E-state index in [0.717, 1.165) is 25.7 Å². The van der Waals surface area contributed by atoms with E-state index >= 15 is 0 Å². The number of fused-ring (bicyclic) bond motifs is 2. The van der Waals surface area contributed by atoms with Gasteiger partial charge < -0.3 is 9.47 Å². The Morgan fingerprint density at radius 1 is 1.39 bits per heavy atom. The van der Waals surface area contributed by atoms with Crippen LogP contribution in [0.3, 0.4) is 0 Å². The summed E-state index contributed by atoms with van der Waals surface area (Å²) in [5, 5.41) is 0. The summed E-state index contributed by atoms with van der Waals surface area (Å²) in [6.07, 6.45) is 6.02. The van der Waals surface area contributed by atoms with Crippen LogP contribution in [0.15, 0.2) is 18.3 Å². The maximum absolute atomic E-state index is 12.5. The number of nitrogens with zero attached hydrogens (tertiary/aromatic N) is 1. The summed E-state index contributed by atoms with van der Waals surface area (Å²) in [5.41, 5.74) is 0.464. The van der Waals surface area contributed by atoms with Crippen LogP contribution in [0.1, 0.15) is 36.2 Å². The summed E-state index contributed by atoms with van der Waals surface area (Å²) in [7, 11) is 1.57. The third-order valence-electron chi connectivity index (χ3n) is 3.89. The molecule has 0 radical (unpaired) electrons. The maximum Gasteiger partial charge on any atom is 0.188 e. The normalized spacial score (nSPS) is 30.2. The lowest BCUT2D eigenvalue weighted by Crippen LogP contribution is -2.30. The van der Waals surface area contributed by atoms with E-state index in [1.165, 1.54) is 0 Å². The molecule has 3 heterocycles. The lowest BCUT2D eigenvalue weighted by atomic mass is 9.89.